The van der Waals surface area contributed by atoms with Crippen molar-refractivity contribution in [3.63, 3.8) is 0 Å². The first-order chi connectivity index (χ1) is 10.6. The van der Waals surface area contributed by atoms with E-state index in [1.54, 1.807) is 24.3 Å². The predicted octanol–water partition coefficient (Wildman–Crippen LogP) is 1.92. The van der Waals surface area contributed by atoms with Gasteiger partial charge in [-0.25, -0.2) is 4.90 Å². The van der Waals surface area contributed by atoms with E-state index in [2.05, 4.69) is 12.2 Å². The fourth-order valence-electron chi connectivity index (χ4n) is 4.01. The number of allylic oxidation sites excluding steroid dienone is 2. The quantitative estimate of drug-likeness (QED) is 0.362. The van der Waals surface area contributed by atoms with Crippen molar-refractivity contribution in [2.24, 2.45) is 23.7 Å². The lowest BCUT2D eigenvalue weighted by atomic mass is 9.85. The number of carbonyl (C=O) groups is 3. The molecule has 0 aromatic heterocycles. The molecular formula is C17H15NO4. The molecule has 1 aliphatic heterocycles. The molecule has 1 heterocycles. The van der Waals surface area contributed by atoms with E-state index < -0.39 is 5.97 Å². The lowest BCUT2D eigenvalue weighted by Gasteiger charge is -2.17. The number of fused-ring (bicyclic) bond motifs is 5. The van der Waals surface area contributed by atoms with Gasteiger partial charge in [0.05, 0.1) is 17.5 Å². The highest BCUT2D eigenvalue weighted by Gasteiger charge is 2.59. The summed E-state index contributed by atoms with van der Waals surface area (Å²) >= 11 is 0. The van der Waals surface area contributed by atoms with E-state index in [4.69, 9.17) is 4.74 Å². The number of hydrogen-bond acceptors (Lipinski definition) is 4. The van der Waals surface area contributed by atoms with Gasteiger partial charge in [-0.2, -0.15) is 0 Å². The molecule has 2 amide bonds. The zero-order chi connectivity index (χ0) is 15.4. The molecule has 112 valence electrons. The number of hydrogen-bond donors (Lipinski definition) is 0. The van der Waals surface area contributed by atoms with Crippen LogP contribution in [0.25, 0.3) is 0 Å². The summed E-state index contributed by atoms with van der Waals surface area (Å²) in [7, 11) is 0. The minimum atomic E-state index is -0.435. The number of anilines is 1. The van der Waals surface area contributed by atoms with Gasteiger partial charge in [0.2, 0.25) is 11.8 Å². The highest BCUT2D eigenvalue weighted by Crippen LogP contribution is 2.53. The summed E-state index contributed by atoms with van der Waals surface area (Å²) in [6.07, 6.45) is 5.04. The molecule has 4 atom stereocenters. The van der Waals surface area contributed by atoms with Gasteiger partial charge in [-0.1, -0.05) is 18.2 Å². The lowest BCUT2D eigenvalue weighted by Crippen LogP contribution is -2.32. The average Bonchev–Trinajstić information content (AvgIpc) is 3.12. The molecule has 0 N–H and O–H groups in total. The van der Waals surface area contributed by atoms with Crippen LogP contribution in [0.3, 0.4) is 0 Å². The highest BCUT2D eigenvalue weighted by atomic mass is 16.5. The molecule has 22 heavy (non-hydrogen) atoms. The largest absolute Gasteiger partial charge is 0.427 e. The third kappa shape index (κ3) is 1.75. The van der Waals surface area contributed by atoms with Gasteiger partial charge in [-0.3, -0.25) is 14.4 Å². The molecule has 2 fully saturated rings. The smallest absolute Gasteiger partial charge is 0.308 e. The maximum Gasteiger partial charge on any atom is 0.308 e. The van der Waals surface area contributed by atoms with Crippen molar-refractivity contribution >= 4 is 23.5 Å². The number of carbonyl (C=O) groups excluding carboxylic acids is 3. The van der Waals surface area contributed by atoms with Crippen LogP contribution < -0.4 is 9.64 Å². The molecule has 3 aliphatic rings. The molecule has 5 nitrogen and oxygen atoms in total. The van der Waals surface area contributed by atoms with Gasteiger partial charge in [-0.05, 0) is 30.4 Å². The Kier molecular flexibility index (Phi) is 2.73. The van der Waals surface area contributed by atoms with Crippen LogP contribution in [0.15, 0.2) is 36.4 Å². The second kappa shape index (κ2) is 4.53. The van der Waals surface area contributed by atoms with Crippen molar-refractivity contribution in [2.75, 3.05) is 4.90 Å². The van der Waals surface area contributed by atoms with Crippen LogP contribution in [-0.4, -0.2) is 17.8 Å². The summed E-state index contributed by atoms with van der Waals surface area (Å²) in [6, 6.07) is 6.56. The Morgan fingerprint density at radius 2 is 1.77 bits per heavy atom. The summed E-state index contributed by atoms with van der Waals surface area (Å²) in [5.74, 6) is -0.432. The Balaban J connectivity index is 1.68. The zero-order valence-corrected chi connectivity index (χ0v) is 12.1. The van der Waals surface area contributed by atoms with Crippen LogP contribution in [0.2, 0.25) is 0 Å². The summed E-state index contributed by atoms with van der Waals surface area (Å²) < 4.78 is 5.03. The monoisotopic (exact) mass is 297 g/mol. The first-order valence-corrected chi connectivity index (χ1v) is 7.41. The molecule has 1 saturated heterocycles. The third-order valence-electron chi connectivity index (χ3n) is 4.81. The predicted molar refractivity (Wildman–Crippen MR) is 78.0 cm³/mol. The standard InChI is InChI=1S/C17H15NO4/c1-9(19)22-13-4-2-3-12(8-13)18-16(20)14-10-5-6-11(7-10)15(14)17(18)21/h2-6,8,10-11,14-15H,7H2,1H3/t10-,11-,14-,15-/m0/s1. The van der Waals surface area contributed by atoms with Crippen molar-refractivity contribution in [1.82, 2.24) is 0 Å². The number of amides is 2. The second-order valence-corrected chi connectivity index (χ2v) is 6.10. The molecular weight excluding hydrogens is 282 g/mol. The Bertz CT molecular complexity index is 693. The number of benzene rings is 1. The Labute approximate surface area is 127 Å². The Morgan fingerprint density at radius 1 is 1.14 bits per heavy atom. The number of nitrogens with zero attached hydrogens (tertiary/aromatic N) is 1. The Morgan fingerprint density at radius 3 is 2.36 bits per heavy atom. The van der Waals surface area contributed by atoms with Crippen LogP contribution in [0.4, 0.5) is 5.69 Å². The molecule has 2 aliphatic carbocycles. The van der Waals surface area contributed by atoms with Gasteiger partial charge in [0.25, 0.3) is 0 Å². The minimum Gasteiger partial charge on any atom is -0.427 e. The van der Waals surface area contributed by atoms with Crippen molar-refractivity contribution in [2.45, 2.75) is 13.3 Å². The average molecular weight is 297 g/mol. The van der Waals surface area contributed by atoms with Crippen LogP contribution in [0, 0.1) is 23.7 Å². The van der Waals surface area contributed by atoms with Gasteiger partial charge in [0.1, 0.15) is 5.75 Å². The van der Waals surface area contributed by atoms with E-state index in [9.17, 15) is 14.4 Å². The normalized spacial score (nSPS) is 31.8. The third-order valence-corrected chi connectivity index (χ3v) is 4.81. The van der Waals surface area contributed by atoms with Crippen LogP contribution in [0.5, 0.6) is 5.75 Å². The molecule has 1 aromatic rings. The van der Waals surface area contributed by atoms with Gasteiger partial charge < -0.3 is 4.74 Å². The van der Waals surface area contributed by atoms with Crippen LogP contribution >= 0.6 is 0 Å². The fourth-order valence-corrected chi connectivity index (χ4v) is 4.01. The van der Waals surface area contributed by atoms with Crippen molar-refractivity contribution in [3.8, 4) is 5.75 Å². The van der Waals surface area contributed by atoms with Gasteiger partial charge in [0.15, 0.2) is 0 Å². The van der Waals surface area contributed by atoms with Crippen LogP contribution in [-0.2, 0) is 14.4 Å². The lowest BCUT2D eigenvalue weighted by molar-refractivity contribution is -0.132. The maximum absolute atomic E-state index is 12.7. The second-order valence-electron chi connectivity index (χ2n) is 6.10. The van der Waals surface area contributed by atoms with E-state index in [0.29, 0.717) is 11.4 Å². The van der Waals surface area contributed by atoms with Crippen molar-refractivity contribution in [1.29, 1.82) is 0 Å². The van der Waals surface area contributed by atoms with E-state index >= 15 is 0 Å². The van der Waals surface area contributed by atoms with E-state index in [1.165, 1.54) is 11.8 Å². The summed E-state index contributed by atoms with van der Waals surface area (Å²) in [5.41, 5.74) is 0.475. The Hall–Kier alpha value is -2.43. The van der Waals surface area contributed by atoms with Crippen molar-refractivity contribution < 1.29 is 19.1 Å². The number of rotatable bonds is 2. The van der Waals surface area contributed by atoms with E-state index in [1.807, 2.05) is 0 Å². The topological polar surface area (TPSA) is 63.7 Å². The van der Waals surface area contributed by atoms with E-state index in [0.717, 1.165) is 6.42 Å². The molecule has 4 rings (SSSR count). The van der Waals surface area contributed by atoms with E-state index in [-0.39, 0.29) is 35.5 Å². The molecule has 2 bridgehead atoms. The molecule has 1 saturated carbocycles. The summed E-state index contributed by atoms with van der Waals surface area (Å²) in [6.45, 7) is 1.31. The van der Waals surface area contributed by atoms with Crippen molar-refractivity contribution in [3.05, 3.63) is 36.4 Å². The molecule has 5 heteroatoms. The SMILES string of the molecule is CC(=O)Oc1cccc(N2C(=O)[C@@H]3[C@@H](C2=O)[C@H]2C=C[C@H]3C2)c1. The highest BCUT2D eigenvalue weighted by molar-refractivity contribution is 6.22. The summed E-state index contributed by atoms with van der Waals surface area (Å²) in [4.78, 5) is 37.7. The maximum atomic E-state index is 12.7. The van der Waals surface area contributed by atoms with Gasteiger partial charge in [-0.15, -0.1) is 0 Å². The minimum absolute atomic E-state index is 0.133. The molecule has 0 unspecified atom stereocenters. The fraction of sp³-hybridized carbons (Fsp3) is 0.353. The first-order valence-electron chi connectivity index (χ1n) is 7.41. The van der Waals surface area contributed by atoms with Gasteiger partial charge >= 0.3 is 5.97 Å². The van der Waals surface area contributed by atoms with Crippen LogP contribution in [0.1, 0.15) is 13.3 Å². The molecule has 1 aromatic carbocycles. The number of ether oxygens (including phenoxy) is 1. The first kappa shape index (κ1) is 13.2. The number of esters is 1. The summed E-state index contributed by atoms with van der Waals surface area (Å²) in [5, 5.41) is 0. The molecule has 0 spiro atoms. The number of imide groups is 1. The molecule has 0 radical (unpaired) electrons. The zero-order valence-electron chi connectivity index (χ0n) is 12.1. The van der Waals surface area contributed by atoms with Gasteiger partial charge in [0, 0.05) is 13.0 Å².